The Hall–Kier alpha value is -3.62. The largest absolute Gasteiger partial charge is 0.309 e. The molecule has 32 heavy (non-hydrogen) atoms. The highest BCUT2D eigenvalue weighted by Crippen LogP contribution is 2.35. The number of rotatable bonds is 3. The van der Waals surface area contributed by atoms with E-state index in [1.54, 1.807) is 0 Å². The van der Waals surface area contributed by atoms with Crippen LogP contribution in [0.15, 0.2) is 125 Å². The Morgan fingerprint density at radius 3 is 2.19 bits per heavy atom. The lowest BCUT2D eigenvalue weighted by atomic mass is 9.99. The van der Waals surface area contributed by atoms with Crippen LogP contribution in [0.4, 0.5) is 0 Å². The van der Waals surface area contributed by atoms with Gasteiger partial charge in [0.15, 0.2) is 0 Å². The summed E-state index contributed by atoms with van der Waals surface area (Å²) in [5.41, 5.74) is -1.05. The molecule has 2 heteroatoms. The first-order chi connectivity index (χ1) is 22.4. The van der Waals surface area contributed by atoms with Crippen molar-refractivity contribution < 1.29 is 21.9 Å². The Bertz CT molecular complexity index is 2330. The zero-order valence-corrected chi connectivity index (χ0v) is 17.7. The smallest absolute Gasteiger partial charge is 0.0646 e. The number of hydrogen-bond acceptors (Lipinski definition) is 0. The molecule has 0 saturated heterocycles. The number of fused-ring (bicyclic) bond motifs is 3. The van der Waals surface area contributed by atoms with Gasteiger partial charge in [-0.15, -0.1) is 0 Å². The average molecular weight is 490 g/mol. The molecule has 0 unspecified atom stereocenters. The van der Waals surface area contributed by atoms with E-state index in [0.29, 0.717) is 0 Å². The number of aromatic nitrogens is 1. The van der Waals surface area contributed by atoms with E-state index in [9.17, 15) is 0 Å². The summed E-state index contributed by atoms with van der Waals surface area (Å²) < 4.78 is 137. The molecule has 6 aromatic rings. The summed E-state index contributed by atoms with van der Waals surface area (Å²) in [6, 6.07) is -3.16. The Morgan fingerprint density at radius 1 is 0.594 bits per heavy atom. The lowest BCUT2D eigenvalue weighted by molar-refractivity contribution is 1.18. The van der Waals surface area contributed by atoms with Crippen LogP contribution in [0.3, 0.4) is 0 Å². The van der Waals surface area contributed by atoms with Crippen LogP contribution in [-0.2, 0) is 0 Å². The minimum Gasteiger partial charge on any atom is -0.309 e. The molecule has 1 aromatic heterocycles. The van der Waals surface area contributed by atoms with Gasteiger partial charge in [-0.2, -0.15) is 0 Å². The molecule has 1 nitrogen and oxygen atoms in total. The van der Waals surface area contributed by atoms with Gasteiger partial charge in [0.1, 0.15) is 0 Å². The van der Waals surface area contributed by atoms with Gasteiger partial charge in [-0.05, 0) is 64.6 Å². The number of para-hydroxylation sites is 1. The SMILES string of the molecule is [2H]c1c([2H])c([2H])c(-c2c([2H])c([2H])c([2H])c(-c3cccc(-n4c5c([2H])c([2H])c([2H])c([2H])c5c5c([2H])c(Br)c([2H])c([2H])c54)c3)c2[2H])c([2H])c1[2H]. The first-order valence-corrected chi connectivity index (χ1v) is 10.2. The van der Waals surface area contributed by atoms with E-state index in [0.717, 1.165) is 0 Å². The zero-order valence-electron chi connectivity index (χ0n) is 32.1. The van der Waals surface area contributed by atoms with E-state index in [1.807, 2.05) is 0 Å². The molecule has 152 valence electrons. The fourth-order valence-corrected chi connectivity index (χ4v) is 3.84. The predicted molar refractivity (Wildman–Crippen MR) is 139 cm³/mol. The van der Waals surface area contributed by atoms with Crippen LogP contribution in [-0.4, -0.2) is 4.57 Å². The molecule has 0 amide bonds. The topological polar surface area (TPSA) is 4.93 Å². The third-order valence-electron chi connectivity index (χ3n) is 4.90. The molecule has 0 bridgehead atoms. The fraction of sp³-hybridized carbons (Fsp3) is 0. The molecular formula is C30H20BrN. The maximum absolute atomic E-state index is 9.07. The molecular weight excluding hydrogens is 454 g/mol. The van der Waals surface area contributed by atoms with Crippen molar-refractivity contribution in [1.82, 2.24) is 4.57 Å². The summed E-state index contributed by atoms with van der Waals surface area (Å²) in [7, 11) is 0. The molecule has 0 aliphatic rings. The van der Waals surface area contributed by atoms with Crippen LogP contribution < -0.4 is 0 Å². The summed E-state index contributed by atoms with van der Waals surface area (Å²) in [5, 5.41) is -0.0634. The molecule has 6 rings (SSSR count). The van der Waals surface area contributed by atoms with Crippen molar-refractivity contribution in [3.8, 4) is 27.9 Å². The molecule has 0 fully saturated rings. The summed E-state index contributed by atoms with van der Waals surface area (Å²) in [5.74, 6) is 0. The van der Waals surface area contributed by atoms with Crippen molar-refractivity contribution in [1.29, 1.82) is 0 Å². The highest BCUT2D eigenvalue weighted by Gasteiger charge is 2.13. The number of nitrogens with zero attached hydrogens (tertiary/aromatic N) is 1. The number of hydrogen-bond donors (Lipinski definition) is 0. The van der Waals surface area contributed by atoms with Crippen LogP contribution >= 0.6 is 15.9 Å². The Balaban J connectivity index is 1.75. The number of benzene rings is 5. The van der Waals surface area contributed by atoms with Gasteiger partial charge in [0, 0.05) is 20.9 Å². The molecule has 1 heterocycles. The van der Waals surface area contributed by atoms with Crippen LogP contribution in [0.2, 0.25) is 0 Å². The van der Waals surface area contributed by atoms with E-state index in [1.165, 1.54) is 28.8 Å². The van der Waals surface area contributed by atoms with Gasteiger partial charge in [-0.1, -0.05) is 94.5 Å². The molecule has 0 aliphatic heterocycles. The lowest BCUT2D eigenvalue weighted by Crippen LogP contribution is -1.94. The highest BCUT2D eigenvalue weighted by molar-refractivity contribution is 9.10. The van der Waals surface area contributed by atoms with Gasteiger partial charge < -0.3 is 4.57 Å². The molecule has 0 aliphatic carbocycles. The van der Waals surface area contributed by atoms with Crippen molar-refractivity contribution >= 4 is 37.7 Å². The van der Waals surface area contributed by atoms with E-state index < -0.39 is 89.7 Å². The molecule has 0 N–H and O–H groups in total. The van der Waals surface area contributed by atoms with Gasteiger partial charge in [-0.3, -0.25) is 0 Å². The average Bonchev–Trinajstić information content (AvgIpc) is 3.43. The molecule has 0 radical (unpaired) electrons. The monoisotopic (exact) mass is 489 g/mol. The Kier molecular flexibility index (Phi) is 2.13. The van der Waals surface area contributed by atoms with Crippen LogP contribution in [0.5, 0.6) is 0 Å². The van der Waals surface area contributed by atoms with E-state index in [4.69, 9.17) is 21.9 Å². The van der Waals surface area contributed by atoms with Crippen LogP contribution in [0.1, 0.15) is 21.9 Å². The van der Waals surface area contributed by atoms with Crippen LogP contribution in [0, 0.1) is 0 Å². The van der Waals surface area contributed by atoms with Crippen molar-refractivity contribution in [2.75, 3.05) is 0 Å². The Labute approximate surface area is 218 Å². The van der Waals surface area contributed by atoms with E-state index >= 15 is 0 Å². The predicted octanol–water partition coefficient (Wildman–Crippen LogP) is 8.88. The molecule has 5 aromatic carbocycles. The summed E-state index contributed by atoms with van der Waals surface area (Å²) >= 11 is 3.17. The standard InChI is InChI=1S/C30H20BrN/c31-25-16-17-30-28(20-25)27-14-4-5-15-29(27)32(30)26-13-7-12-24(19-26)23-11-6-10-22(18-23)21-8-2-1-3-9-21/h1-20H/i1D,2D,3D,4D,5D,6D,8D,9D,10D,11D,14D,15D,16D,17D,18D,20D. The van der Waals surface area contributed by atoms with Crippen LogP contribution in [0.25, 0.3) is 49.7 Å². The third kappa shape index (κ3) is 3.24. The second-order valence-corrected chi connectivity index (χ2v) is 7.56. The van der Waals surface area contributed by atoms with E-state index in [2.05, 4.69) is 15.9 Å². The maximum atomic E-state index is 9.07. The molecule has 0 atom stereocenters. The first-order valence-electron chi connectivity index (χ1n) is 17.4. The van der Waals surface area contributed by atoms with Crippen molar-refractivity contribution in [3.63, 3.8) is 0 Å². The third-order valence-corrected chi connectivity index (χ3v) is 5.29. The minimum absolute atomic E-state index is 0.00637. The first kappa shape index (κ1) is 8.73. The zero-order chi connectivity index (χ0) is 35.4. The van der Waals surface area contributed by atoms with Crippen molar-refractivity contribution in [2.45, 2.75) is 0 Å². The fourth-order valence-electron chi connectivity index (χ4n) is 3.54. The van der Waals surface area contributed by atoms with Gasteiger partial charge in [0.25, 0.3) is 0 Å². The lowest BCUT2D eigenvalue weighted by Gasteiger charge is -2.11. The van der Waals surface area contributed by atoms with Gasteiger partial charge in [0.2, 0.25) is 0 Å². The van der Waals surface area contributed by atoms with Gasteiger partial charge in [0.05, 0.1) is 33.0 Å². The second kappa shape index (κ2) is 7.81. The van der Waals surface area contributed by atoms with Crippen molar-refractivity contribution in [2.24, 2.45) is 0 Å². The number of halogens is 1. The Morgan fingerprint density at radius 2 is 1.31 bits per heavy atom. The normalized spacial score (nSPS) is 18.3. The maximum Gasteiger partial charge on any atom is 0.0646 e. The summed E-state index contributed by atoms with van der Waals surface area (Å²) in [4.78, 5) is 0. The minimum atomic E-state index is -0.703. The summed E-state index contributed by atoms with van der Waals surface area (Å²) in [6.45, 7) is 0. The summed E-state index contributed by atoms with van der Waals surface area (Å²) in [6.07, 6.45) is 0. The van der Waals surface area contributed by atoms with E-state index in [-0.39, 0.29) is 61.2 Å². The second-order valence-electron chi connectivity index (χ2n) is 6.77. The van der Waals surface area contributed by atoms with Crippen molar-refractivity contribution in [3.05, 3.63) is 125 Å². The highest BCUT2D eigenvalue weighted by atomic mass is 79.9. The van der Waals surface area contributed by atoms with Gasteiger partial charge >= 0.3 is 0 Å². The molecule has 0 saturated carbocycles. The molecule has 0 spiro atoms. The van der Waals surface area contributed by atoms with Gasteiger partial charge in [-0.25, -0.2) is 0 Å². The quantitative estimate of drug-likeness (QED) is 0.233.